The summed E-state index contributed by atoms with van der Waals surface area (Å²) in [7, 11) is 0. The van der Waals surface area contributed by atoms with Gasteiger partial charge in [-0.2, -0.15) is 0 Å². The van der Waals surface area contributed by atoms with E-state index in [4.69, 9.17) is 15.9 Å². The van der Waals surface area contributed by atoms with E-state index in [1.165, 1.54) is 0 Å². The summed E-state index contributed by atoms with van der Waals surface area (Å²) < 4.78 is 0.792. The molecule has 3 nitrogen and oxygen atoms in total. The van der Waals surface area contributed by atoms with Crippen molar-refractivity contribution in [1.29, 1.82) is 0 Å². The number of hydrogen-bond acceptors (Lipinski definition) is 3. The van der Waals surface area contributed by atoms with E-state index in [1.54, 1.807) is 6.07 Å². The maximum absolute atomic E-state index is 9.06. The number of aliphatic hydroxyl groups excluding tert-OH is 2. The third kappa shape index (κ3) is 2.08. The molecule has 4 N–H and O–H groups in total. The van der Waals surface area contributed by atoms with Gasteiger partial charge in [-0.1, -0.05) is 34.1 Å². The van der Waals surface area contributed by atoms with Gasteiger partial charge in [0.25, 0.3) is 0 Å². The summed E-state index contributed by atoms with van der Waals surface area (Å²) in [5.41, 5.74) is 5.43. The number of rotatable bonds is 3. The summed E-state index contributed by atoms with van der Waals surface area (Å²) in [5, 5.41) is 18.1. The minimum atomic E-state index is -1.07. The SMILES string of the molecule is NC(CO)(CO)c1ccccc1Br. The molecule has 0 radical (unpaired) electrons. The van der Waals surface area contributed by atoms with Crippen LogP contribution in [0.25, 0.3) is 0 Å². The van der Waals surface area contributed by atoms with Crippen molar-refractivity contribution in [2.24, 2.45) is 5.73 Å². The molecule has 0 spiro atoms. The van der Waals surface area contributed by atoms with Gasteiger partial charge in [-0.25, -0.2) is 0 Å². The van der Waals surface area contributed by atoms with Crippen LogP contribution in [0.4, 0.5) is 0 Å². The van der Waals surface area contributed by atoms with E-state index in [2.05, 4.69) is 15.9 Å². The second kappa shape index (κ2) is 4.19. The van der Waals surface area contributed by atoms with Gasteiger partial charge in [-0.15, -0.1) is 0 Å². The lowest BCUT2D eigenvalue weighted by atomic mass is 9.93. The quantitative estimate of drug-likeness (QED) is 0.731. The predicted molar refractivity (Wildman–Crippen MR) is 54.2 cm³/mol. The fraction of sp³-hybridized carbons (Fsp3) is 0.333. The van der Waals surface area contributed by atoms with Gasteiger partial charge in [-0.05, 0) is 11.6 Å². The van der Waals surface area contributed by atoms with Gasteiger partial charge < -0.3 is 15.9 Å². The Hall–Kier alpha value is -0.420. The number of hydrogen-bond donors (Lipinski definition) is 3. The summed E-state index contributed by atoms with van der Waals surface area (Å²) in [5.74, 6) is 0. The smallest absolute Gasteiger partial charge is 0.0889 e. The van der Waals surface area contributed by atoms with Crippen molar-refractivity contribution in [3.63, 3.8) is 0 Å². The molecule has 0 unspecified atom stereocenters. The summed E-state index contributed by atoms with van der Waals surface area (Å²) in [6.45, 7) is -0.571. The van der Waals surface area contributed by atoms with Gasteiger partial charge in [0.15, 0.2) is 0 Å². The molecule has 0 aliphatic rings. The molecule has 0 aliphatic carbocycles. The molecule has 1 rings (SSSR count). The first-order valence-corrected chi connectivity index (χ1v) is 4.69. The van der Waals surface area contributed by atoms with Crippen molar-refractivity contribution in [1.82, 2.24) is 0 Å². The molecule has 1 aromatic carbocycles. The third-order valence-corrected chi connectivity index (χ3v) is 2.67. The maximum atomic E-state index is 9.06. The second-order valence-electron chi connectivity index (χ2n) is 2.95. The Morgan fingerprint density at radius 3 is 2.23 bits per heavy atom. The standard InChI is InChI=1S/C9H12BrNO2/c10-8-4-2-1-3-7(8)9(11,5-12)6-13/h1-4,12-13H,5-6,11H2. The lowest BCUT2D eigenvalue weighted by Gasteiger charge is -2.26. The largest absolute Gasteiger partial charge is 0.394 e. The summed E-state index contributed by atoms with van der Waals surface area (Å²) in [6, 6.07) is 7.26. The van der Waals surface area contributed by atoms with Crippen LogP contribution in [0.3, 0.4) is 0 Å². The van der Waals surface area contributed by atoms with E-state index < -0.39 is 5.54 Å². The van der Waals surface area contributed by atoms with Crippen molar-refractivity contribution < 1.29 is 10.2 Å². The van der Waals surface area contributed by atoms with Crippen molar-refractivity contribution in [3.05, 3.63) is 34.3 Å². The van der Waals surface area contributed by atoms with Crippen molar-refractivity contribution in [2.75, 3.05) is 13.2 Å². The molecule has 1 aromatic rings. The Kier molecular flexibility index (Phi) is 3.44. The van der Waals surface area contributed by atoms with Crippen LogP contribution in [0.2, 0.25) is 0 Å². The van der Waals surface area contributed by atoms with Gasteiger partial charge in [0.05, 0.1) is 18.8 Å². The second-order valence-corrected chi connectivity index (χ2v) is 3.81. The zero-order valence-corrected chi connectivity index (χ0v) is 8.66. The van der Waals surface area contributed by atoms with Gasteiger partial charge in [-0.3, -0.25) is 0 Å². The fourth-order valence-electron chi connectivity index (χ4n) is 1.09. The van der Waals surface area contributed by atoms with E-state index in [1.807, 2.05) is 18.2 Å². The average Bonchev–Trinajstić information content (AvgIpc) is 2.17. The lowest BCUT2D eigenvalue weighted by Crippen LogP contribution is -2.44. The molecule has 0 amide bonds. The Bertz CT molecular complexity index is 287. The molecule has 0 saturated carbocycles. The van der Waals surface area contributed by atoms with Crippen LogP contribution in [-0.4, -0.2) is 23.4 Å². The van der Waals surface area contributed by atoms with Crippen LogP contribution in [-0.2, 0) is 5.54 Å². The van der Waals surface area contributed by atoms with E-state index in [9.17, 15) is 0 Å². The lowest BCUT2D eigenvalue weighted by molar-refractivity contribution is 0.120. The summed E-state index contributed by atoms with van der Waals surface area (Å²) in [6.07, 6.45) is 0. The topological polar surface area (TPSA) is 66.5 Å². The van der Waals surface area contributed by atoms with Gasteiger partial charge in [0, 0.05) is 4.47 Å². The van der Waals surface area contributed by atoms with E-state index in [-0.39, 0.29) is 13.2 Å². The molecular weight excluding hydrogens is 234 g/mol. The Balaban J connectivity index is 3.12. The number of benzene rings is 1. The number of nitrogens with two attached hydrogens (primary N) is 1. The van der Waals surface area contributed by atoms with E-state index in [0.29, 0.717) is 5.56 Å². The van der Waals surface area contributed by atoms with Crippen LogP contribution >= 0.6 is 15.9 Å². The fourth-order valence-corrected chi connectivity index (χ4v) is 1.76. The highest BCUT2D eigenvalue weighted by Gasteiger charge is 2.27. The first-order chi connectivity index (χ1) is 6.14. The minimum absolute atomic E-state index is 0.286. The Labute approximate surface area is 85.3 Å². The van der Waals surface area contributed by atoms with Gasteiger partial charge in [0.2, 0.25) is 0 Å². The highest BCUT2D eigenvalue weighted by Crippen LogP contribution is 2.25. The van der Waals surface area contributed by atoms with Crippen molar-refractivity contribution in [3.8, 4) is 0 Å². The van der Waals surface area contributed by atoms with Crippen molar-refractivity contribution >= 4 is 15.9 Å². The first-order valence-electron chi connectivity index (χ1n) is 3.89. The molecule has 0 atom stereocenters. The zero-order chi connectivity index (χ0) is 9.90. The van der Waals surface area contributed by atoms with Crippen LogP contribution in [0.1, 0.15) is 5.56 Å². The van der Waals surface area contributed by atoms with Crippen LogP contribution in [0, 0.1) is 0 Å². The Morgan fingerprint density at radius 2 is 1.77 bits per heavy atom. The summed E-state index contributed by atoms with van der Waals surface area (Å²) >= 11 is 3.31. The Morgan fingerprint density at radius 1 is 1.23 bits per heavy atom. The molecule has 0 saturated heterocycles. The molecule has 72 valence electrons. The monoisotopic (exact) mass is 245 g/mol. The highest BCUT2D eigenvalue weighted by molar-refractivity contribution is 9.10. The molecule has 0 bridgehead atoms. The van der Waals surface area contributed by atoms with Gasteiger partial charge >= 0.3 is 0 Å². The minimum Gasteiger partial charge on any atom is -0.394 e. The van der Waals surface area contributed by atoms with Crippen LogP contribution < -0.4 is 5.73 Å². The molecule has 13 heavy (non-hydrogen) atoms. The molecule has 0 fully saturated rings. The summed E-state index contributed by atoms with van der Waals surface area (Å²) in [4.78, 5) is 0. The normalized spacial score (nSPS) is 11.7. The predicted octanol–water partition coefficient (Wildman–Crippen LogP) is 0.588. The average molecular weight is 246 g/mol. The van der Waals surface area contributed by atoms with E-state index in [0.717, 1.165) is 4.47 Å². The molecule has 0 aliphatic heterocycles. The number of halogens is 1. The van der Waals surface area contributed by atoms with Crippen LogP contribution in [0.15, 0.2) is 28.7 Å². The molecule has 4 heteroatoms. The van der Waals surface area contributed by atoms with Crippen molar-refractivity contribution in [2.45, 2.75) is 5.54 Å². The third-order valence-electron chi connectivity index (χ3n) is 1.97. The van der Waals surface area contributed by atoms with Crippen LogP contribution in [0.5, 0.6) is 0 Å². The highest BCUT2D eigenvalue weighted by atomic mass is 79.9. The van der Waals surface area contributed by atoms with Gasteiger partial charge in [0.1, 0.15) is 0 Å². The molecular formula is C9H12BrNO2. The molecule has 0 heterocycles. The maximum Gasteiger partial charge on any atom is 0.0889 e. The molecule has 0 aromatic heterocycles. The zero-order valence-electron chi connectivity index (χ0n) is 7.07. The van der Waals surface area contributed by atoms with E-state index >= 15 is 0 Å². The number of aliphatic hydroxyl groups is 2. The first kappa shape index (κ1) is 10.7.